The van der Waals surface area contributed by atoms with Crippen LogP contribution in [0.2, 0.25) is 0 Å². The Morgan fingerprint density at radius 3 is 2.39 bits per heavy atom. The Morgan fingerprint density at radius 1 is 1.22 bits per heavy atom. The van der Waals surface area contributed by atoms with Crippen molar-refractivity contribution in [2.45, 2.75) is 39.7 Å². The van der Waals surface area contributed by atoms with Crippen LogP contribution < -0.4 is 5.73 Å². The fourth-order valence-corrected chi connectivity index (χ4v) is 2.24. The van der Waals surface area contributed by atoms with Gasteiger partial charge in [0.2, 0.25) is 0 Å². The molecular formula is C15H21N3. The number of hydrogen-bond donors (Lipinski definition) is 1. The maximum atomic E-state index is 5.77. The molecule has 0 fully saturated rings. The highest BCUT2D eigenvalue weighted by molar-refractivity contribution is 5.38. The first-order valence-corrected chi connectivity index (χ1v) is 6.53. The molecular weight excluding hydrogens is 222 g/mol. The maximum absolute atomic E-state index is 5.77. The molecule has 0 saturated carbocycles. The largest absolute Gasteiger partial charge is 0.326 e. The lowest BCUT2D eigenvalue weighted by molar-refractivity contribution is 0.725. The van der Waals surface area contributed by atoms with E-state index in [4.69, 9.17) is 5.73 Å². The van der Waals surface area contributed by atoms with Gasteiger partial charge in [-0.15, -0.1) is 0 Å². The van der Waals surface area contributed by atoms with Gasteiger partial charge in [0, 0.05) is 12.1 Å². The van der Waals surface area contributed by atoms with Crippen molar-refractivity contribution in [2.75, 3.05) is 0 Å². The normalized spacial score (nSPS) is 11.2. The maximum Gasteiger partial charge on any atom is 0.0649 e. The zero-order chi connectivity index (χ0) is 13.1. The first kappa shape index (κ1) is 12.8. The quantitative estimate of drug-likeness (QED) is 0.897. The van der Waals surface area contributed by atoms with Crippen LogP contribution in [0.25, 0.3) is 5.69 Å². The van der Waals surface area contributed by atoms with E-state index in [0.29, 0.717) is 12.5 Å². The molecule has 18 heavy (non-hydrogen) atoms. The zero-order valence-electron chi connectivity index (χ0n) is 11.4. The summed E-state index contributed by atoms with van der Waals surface area (Å²) >= 11 is 0. The van der Waals surface area contributed by atoms with Gasteiger partial charge in [-0.05, 0) is 30.0 Å². The van der Waals surface area contributed by atoms with E-state index in [9.17, 15) is 0 Å². The Balaban J connectivity index is 2.46. The van der Waals surface area contributed by atoms with Crippen molar-refractivity contribution in [3.8, 4) is 5.69 Å². The zero-order valence-corrected chi connectivity index (χ0v) is 11.4. The van der Waals surface area contributed by atoms with Gasteiger partial charge in [0.1, 0.15) is 0 Å². The molecule has 0 amide bonds. The lowest BCUT2D eigenvalue weighted by atomic mass is 10.1. The van der Waals surface area contributed by atoms with Crippen LogP contribution in [0.4, 0.5) is 0 Å². The van der Waals surface area contributed by atoms with Crippen molar-refractivity contribution in [1.82, 2.24) is 9.78 Å². The summed E-state index contributed by atoms with van der Waals surface area (Å²) in [6.45, 7) is 7.05. The third kappa shape index (κ3) is 2.31. The molecule has 1 aromatic carbocycles. The van der Waals surface area contributed by atoms with E-state index in [1.165, 1.54) is 11.3 Å². The second-order valence-corrected chi connectivity index (χ2v) is 4.85. The fourth-order valence-electron chi connectivity index (χ4n) is 2.24. The summed E-state index contributed by atoms with van der Waals surface area (Å²) in [6.07, 6.45) is 2.94. The minimum Gasteiger partial charge on any atom is -0.326 e. The molecule has 0 radical (unpaired) electrons. The summed E-state index contributed by atoms with van der Waals surface area (Å²) < 4.78 is 2.01. The van der Waals surface area contributed by atoms with E-state index in [2.05, 4.69) is 50.1 Å². The van der Waals surface area contributed by atoms with Crippen LogP contribution in [0, 0.1) is 0 Å². The highest BCUT2D eigenvalue weighted by Crippen LogP contribution is 2.22. The molecule has 0 aliphatic carbocycles. The van der Waals surface area contributed by atoms with E-state index in [0.717, 1.165) is 17.7 Å². The summed E-state index contributed by atoms with van der Waals surface area (Å²) in [4.78, 5) is 0. The summed E-state index contributed by atoms with van der Waals surface area (Å²) in [6, 6.07) is 8.56. The van der Waals surface area contributed by atoms with Gasteiger partial charge in [-0.1, -0.05) is 32.9 Å². The SMILES string of the molecule is CCc1ccc(-n2ncc(CN)c2C(C)C)cc1. The topological polar surface area (TPSA) is 43.8 Å². The van der Waals surface area contributed by atoms with Crippen molar-refractivity contribution < 1.29 is 0 Å². The highest BCUT2D eigenvalue weighted by Gasteiger charge is 2.14. The number of nitrogens with zero attached hydrogens (tertiary/aromatic N) is 2. The third-order valence-corrected chi connectivity index (χ3v) is 3.24. The van der Waals surface area contributed by atoms with E-state index >= 15 is 0 Å². The number of aromatic nitrogens is 2. The van der Waals surface area contributed by atoms with Crippen LogP contribution in [0.15, 0.2) is 30.5 Å². The second kappa shape index (κ2) is 5.36. The van der Waals surface area contributed by atoms with Gasteiger partial charge < -0.3 is 5.73 Å². The smallest absolute Gasteiger partial charge is 0.0649 e. The standard InChI is InChI=1S/C15H21N3/c1-4-12-5-7-14(8-6-12)18-15(11(2)3)13(9-16)10-17-18/h5-8,10-11H,4,9,16H2,1-3H3. The lowest BCUT2D eigenvalue weighted by Gasteiger charge is -2.12. The van der Waals surface area contributed by atoms with Crippen molar-refractivity contribution >= 4 is 0 Å². The molecule has 1 heterocycles. The molecule has 96 valence electrons. The first-order valence-electron chi connectivity index (χ1n) is 6.53. The molecule has 3 heteroatoms. The van der Waals surface area contributed by atoms with Gasteiger partial charge in [-0.3, -0.25) is 0 Å². The molecule has 0 aliphatic heterocycles. The monoisotopic (exact) mass is 243 g/mol. The van der Waals surface area contributed by atoms with Gasteiger partial charge in [0.15, 0.2) is 0 Å². The Labute approximate surface area is 109 Å². The van der Waals surface area contributed by atoms with Gasteiger partial charge >= 0.3 is 0 Å². The number of nitrogens with two attached hydrogens (primary N) is 1. The minimum absolute atomic E-state index is 0.414. The highest BCUT2D eigenvalue weighted by atomic mass is 15.3. The van der Waals surface area contributed by atoms with E-state index in [1.807, 2.05) is 10.9 Å². The van der Waals surface area contributed by atoms with Crippen LogP contribution in [0.3, 0.4) is 0 Å². The second-order valence-electron chi connectivity index (χ2n) is 4.85. The van der Waals surface area contributed by atoms with Crippen LogP contribution in [0.5, 0.6) is 0 Å². The van der Waals surface area contributed by atoms with E-state index in [-0.39, 0.29) is 0 Å². The predicted molar refractivity (Wildman–Crippen MR) is 74.9 cm³/mol. The predicted octanol–water partition coefficient (Wildman–Crippen LogP) is 3.02. The van der Waals surface area contributed by atoms with Crippen LogP contribution in [-0.2, 0) is 13.0 Å². The summed E-state index contributed by atoms with van der Waals surface area (Å²) in [5.41, 5.74) is 10.6. The molecule has 2 aromatic rings. The fraction of sp³-hybridized carbons (Fsp3) is 0.400. The van der Waals surface area contributed by atoms with Gasteiger partial charge in [-0.25, -0.2) is 4.68 Å². The van der Waals surface area contributed by atoms with Crippen LogP contribution >= 0.6 is 0 Å². The summed E-state index contributed by atoms with van der Waals surface area (Å²) in [5.74, 6) is 0.414. The molecule has 0 saturated heterocycles. The summed E-state index contributed by atoms with van der Waals surface area (Å²) in [5, 5.41) is 4.47. The Bertz CT molecular complexity index is 509. The Kier molecular flexibility index (Phi) is 3.82. The third-order valence-electron chi connectivity index (χ3n) is 3.24. The average Bonchev–Trinajstić information content (AvgIpc) is 2.82. The number of rotatable bonds is 4. The first-order chi connectivity index (χ1) is 8.67. The van der Waals surface area contributed by atoms with Gasteiger partial charge in [0.05, 0.1) is 17.6 Å². The molecule has 3 nitrogen and oxygen atoms in total. The van der Waals surface area contributed by atoms with Crippen LogP contribution in [-0.4, -0.2) is 9.78 Å². The van der Waals surface area contributed by atoms with Crippen molar-refractivity contribution in [2.24, 2.45) is 5.73 Å². The average molecular weight is 243 g/mol. The molecule has 1 aromatic heterocycles. The molecule has 0 bridgehead atoms. The molecule has 0 unspecified atom stereocenters. The summed E-state index contributed by atoms with van der Waals surface area (Å²) in [7, 11) is 0. The van der Waals surface area contributed by atoms with E-state index in [1.54, 1.807) is 0 Å². The van der Waals surface area contributed by atoms with Crippen molar-refractivity contribution in [3.05, 3.63) is 47.3 Å². The minimum atomic E-state index is 0.414. The van der Waals surface area contributed by atoms with E-state index < -0.39 is 0 Å². The molecule has 0 spiro atoms. The molecule has 2 rings (SSSR count). The van der Waals surface area contributed by atoms with Crippen molar-refractivity contribution in [1.29, 1.82) is 0 Å². The van der Waals surface area contributed by atoms with Gasteiger partial charge in [-0.2, -0.15) is 5.10 Å². The van der Waals surface area contributed by atoms with Crippen LogP contribution in [0.1, 0.15) is 43.5 Å². The Hall–Kier alpha value is -1.61. The molecule has 0 atom stereocenters. The number of hydrogen-bond acceptors (Lipinski definition) is 2. The van der Waals surface area contributed by atoms with Crippen molar-refractivity contribution in [3.63, 3.8) is 0 Å². The lowest BCUT2D eigenvalue weighted by Crippen LogP contribution is -2.07. The van der Waals surface area contributed by atoms with Gasteiger partial charge in [0.25, 0.3) is 0 Å². The Morgan fingerprint density at radius 2 is 1.89 bits per heavy atom. The molecule has 0 aliphatic rings. The molecule has 2 N–H and O–H groups in total. The number of aryl methyl sites for hydroxylation is 1. The number of benzene rings is 1.